The van der Waals surface area contributed by atoms with Crippen LogP contribution >= 0.6 is 11.8 Å². The van der Waals surface area contributed by atoms with E-state index in [1.54, 1.807) is 23.9 Å². The number of benzene rings is 1. The minimum atomic E-state index is -0.159. The second kappa shape index (κ2) is 6.05. The SMILES string of the molecule is CCCC1CN=C(NCc2ccccc2F)S1. The third-order valence-electron chi connectivity index (χ3n) is 2.72. The lowest BCUT2D eigenvalue weighted by Crippen LogP contribution is -2.19. The van der Waals surface area contributed by atoms with Crippen LogP contribution in [0, 0.1) is 5.82 Å². The zero-order valence-corrected chi connectivity index (χ0v) is 10.8. The van der Waals surface area contributed by atoms with Crippen LogP contribution in [0.5, 0.6) is 0 Å². The number of halogens is 1. The fourth-order valence-corrected chi connectivity index (χ4v) is 2.92. The summed E-state index contributed by atoms with van der Waals surface area (Å²) in [5, 5.41) is 4.75. The average Bonchev–Trinajstić information content (AvgIpc) is 2.76. The Morgan fingerprint density at radius 2 is 2.29 bits per heavy atom. The van der Waals surface area contributed by atoms with Crippen molar-refractivity contribution in [2.24, 2.45) is 4.99 Å². The highest BCUT2D eigenvalue weighted by molar-refractivity contribution is 8.14. The van der Waals surface area contributed by atoms with Crippen molar-refractivity contribution in [3.63, 3.8) is 0 Å². The van der Waals surface area contributed by atoms with Crippen LogP contribution in [0.2, 0.25) is 0 Å². The van der Waals surface area contributed by atoms with Gasteiger partial charge in [-0.15, -0.1) is 0 Å². The Morgan fingerprint density at radius 3 is 3.06 bits per heavy atom. The predicted octanol–water partition coefficient (Wildman–Crippen LogP) is 3.19. The van der Waals surface area contributed by atoms with Crippen molar-refractivity contribution < 1.29 is 4.39 Å². The third-order valence-corrected chi connectivity index (χ3v) is 3.93. The van der Waals surface area contributed by atoms with E-state index in [2.05, 4.69) is 17.2 Å². The first-order valence-corrected chi connectivity index (χ1v) is 6.86. The Balaban J connectivity index is 1.82. The van der Waals surface area contributed by atoms with Gasteiger partial charge in [-0.3, -0.25) is 4.99 Å². The highest BCUT2D eigenvalue weighted by Gasteiger charge is 2.18. The summed E-state index contributed by atoms with van der Waals surface area (Å²) < 4.78 is 13.4. The fraction of sp³-hybridized carbons (Fsp3) is 0.462. The molecule has 1 aromatic rings. The molecule has 1 aromatic carbocycles. The van der Waals surface area contributed by atoms with Gasteiger partial charge in [0.2, 0.25) is 0 Å². The average molecular weight is 252 g/mol. The normalized spacial score (nSPS) is 19.2. The van der Waals surface area contributed by atoms with Crippen molar-refractivity contribution in [1.82, 2.24) is 5.32 Å². The molecule has 0 saturated heterocycles. The second-order valence-corrected chi connectivity index (χ2v) is 5.41. The van der Waals surface area contributed by atoms with Gasteiger partial charge >= 0.3 is 0 Å². The van der Waals surface area contributed by atoms with Gasteiger partial charge < -0.3 is 5.32 Å². The summed E-state index contributed by atoms with van der Waals surface area (Å²) in [6, 6.07) is 6.84. The standard InChI is InChI=1S/C13H17FN2S/c1-2-5-11-9-16-13(17-11)15-8-10-6-3-4-7-12(10)14/h3-4,6-7,11H,2,5,8-9H2,1H3,(H,15,16). The Kier molecular flexibility index (Phi) is 4.42. The van der Waals surface area contributed by atoms with E-state index in [4.69, 9.17) is 0 Å². The van der Waals surface area contributed by atoms with E-state index in [0.29, 0.717) is 17.4 Å². The van der Waals surface area contributed by atoms with E-state index < -0.39 is 0 Å². The molecule has 92 valence electrons. The van der Waals surface area contributed by atoms with Crippen LogP contribution in [0.1, 0.15) is 25.3 Å². The van der Waals surface area contributed by atoms with Crippen LogP contribution < -0.4 is 5.32 Å². The number of hydrogen-bond acceptors (Lipinski definition) is 3. The molecule has 1 aliphatic heterocycles. The summed E-state index contributed by atoms with van der Waals surface area (Å²) in [5.74, 6) is -0.159. The Hall–Kier alpha value is -1.03. The van der Waals surface area contributed by atoms with E-state index in [9.17, 15) is 4.39 Å². The zero-order chi connectivity index (χ0) is 12.1. The first kappa shape index (κ1) is 12.4. The highest BCUT2D eigenvalue weighted by Crippen LogP contribution is 2.23. The quantitative estimate of drug-likeness (QED) is 0.890. The summed E-state index contributed by atoms with van der Waals surface area (Å²) in [6.07, 6.45) is 2.38. The molecule has 4 heteroatoms. The number of nitrogens with zero attached hydrogens (tertiary/aromatic N) is 1. The van der Waals surface area contributed by atoms with Gasteiger partial charge in [0.15, 0.2) is 5.17 Å². The van der Waals surface area contributed by atoms with Crippen molar-refractivity contribution in [2.75, 3.05) is 6.54 Å². The van der Waals surface area contributed by atoms with Crippen LogP contribution in [0.4, 0.5) is 4.39 Å². The number of hydrogen-bond donors (Lipinski definition) is 1. The molecule has 0 radical (unpaired) electrons. The van der Waals surface area contributed by atoms with Crippen molar-refractivity contribution >= 4 is 16.9 Å². The number of thioether (sulfide) groups is 1. The summed E-state index contributed by atoms with van der Waals surface area (Å²) in [5.41, 5.74) is 0.690. The van der Waals surface area contributed by atoms with Gasteiger partial charge in [0.25, 0.3) is 0 Å². The summed E-state index contributed by atoms with van der Waals surface area (Å²) in [7, 11) is 0. The van der Waals surface area contributed by atoms with E-state index >= 15 is 0 Å². The lowest BCUT2D eigenvalue weighted by atomic mass is 10.2. The molecule has 0 aliphatic carbocycles. The predicted molar refractivity (Wildman–Crippen MR) is 71.8 cm³/mol. The molecule has 0 fully saturated rings. The van der Waals surface area contributed by atoms with Crippen LogP contribution in [-0.2, 0) is 6.54 Å². The van der Waals surface area contributed by atoms with Crippen LogP contribution in [0.3, 0.4) is 0 Å². The number of aliphatic imine (C=N–C) groups is 1. The van der Waals surface area contributed by atoms with E-state index in [1.165, 1.54) is 18.9 Å². The maximum absolute atomic E-state index is 13.4. The summed E-state index contributed by atoms with van der Waals surface area (Å²) in [6.45, 7) is 3.58. The van der Waals surface area contributed by atoms with E-state index in [-0.39, 0.29) is 5.82 Å². The van der Waals surface area contributed by atoms with Gasteiger partial charge in [-0.1, -0.05) is 43.3 Å². The highest BCUT2D eigenvalue weighted by atomic mass is 32.2. The topological polar surface area (TPSA) is 24.4 Å². The van der Waals surface area contributed by atoms with Crippen molar-refractivity contribution in [2.45, 2.75) is 31.6 Å². The molecular weight excluding hydrogens is 235 g/mol. The minimum Gasteiger partial charge on any atom is -0.361 e. The summed E-state index contributed by atoms with van der Waals surface area (Å²) >= 11 is 1.78. The van der Waals surface area contributed by atoms with Gasteiger partial charge in [-0.2, -0.15) is 0 Å². The number of rotatable bonds is 4. The number of amidine groups is 1. The molecule has 0 amide bonds. The Labute approximate surface area is 106 Å². The van der Waals surface area contributed by atoms with Crippen LogP contribution in [0.15, 0.2) is 29.3 Å². The first-order valence-electron chi connectivity index (χ1n) is 5.98. The fourth-order valence-electron chi connectivity index (χ4n) is 1.80. The van der Waals surface area contributed by atoms with Crippen molar-refractivity contribution in [1.29, 1.82) is 0 Å². The van der Waals surface area contributed by atoms with Crippen molar-refractivity contribution in [3.05, 3.63) is 35.6 Å². The first-order chi connectivity index (χ1) is 8.29. The molecule has 0 saturated carbocycles. The zero-order valence-electron chi connectivity index (χ0n) is 9.95. The molecule has 1 N–H and O–H groups in total. The molecule has 2 nitrogen and oxygen atoms in total. The van der Waals surface area contributed by atoms with E-state index in [1.807, 2.05) is 6.07 Å². The van der Waals surface area contributed by atoms with Gasteiger partial charge in [0.05, 0.1) is 6.54 Å². The monoisotopic (exact) mass is 252 g/mol. The molecule has 0 spiro atoms. The van der Waals surface area contributed by atoms with E-state index in [0.717, 1.165) is 11.7 Å². The van der Waals surface area contributed by atoms with Gasteiger partial charge in [-0.05, 0) is 12.5 Å². The lowest BCUT2D eigenvalue weighted by Gasteiger charge is -2.08. The van der Waals surface area contributed by atoms with Crippen LogP contribution in [0.25, 0.3) is 0 Å². The molecule has 1 aliphatic rings. The maximum Gasteiger partial charge on any atom is 0.157 e. The van der Waals surface area contributed by atoms with Gasteiger partial charge in [0, 0.05) is 17.4 Å². The molecular formula is C13H17FN2S. The Bertz CT molecular complexity index is 406. The third kappa shape index (κ3) is 3.46. The molecule has 17 heavy (non-hydrogen) atoms. The molecule has 1 atom stereocenters. The molecule has 0 bridgehead atoms. The van der Waals surface area contributed by atoms with Crippen LogP contribution in [-0.4, -0.2) is 17.0 Å². The minimum absolute atomic E-state index is 0.159. The molecule has 2 rings (SSSR count). The Morgan fingerprint density at radius 1 is 1.47 bits per heavy atom. The molecule has 1 heterocycles. The molecule has 1 unspecified atom stereocenters. The smallest absolute Gasteiger partial charge is 0.157 e. The van der Waals surface area contributed by atoms with Crippen molar-refractivity contribution in [3.8, 4) is 0 Å². The lowest BCUT2D eigenvalue weighted by molar-refractivity contribution is 0.606. The maximum atomic E-state index is 13.4. The second-order valence-electron chi connectivity index (χ2n) is 4.12. The largest absolute Gasteiger partial charge is 0.361 e. The molecule has 0 aromatic heterocycles. The van der Waals surface area contributed by atoms with Gasteiger partial charge in [0.1, 0.15) is 5.82 Å². The number of nitrogens with one attached hydrogen (secondary N) is 1. The van der Waals surface area contributed by atoms with Gasteiger partial charge in [-0.25, -0.2) is 4.39 Å². The summed E-state index contributed by atoms with van der Waals surface area (Å²) in [4.78, 5) is 4.43.